The number of carbonyl (C=O) groups is 2. The molecule has 1 atom stereocenters. The van der Waals surface area contributed by atoms with E-state index in [1.807, 2.05) is 18.7 Å². The first-order valence-corrected chi connectivity index (χ1v) is 7.71. The van der Waals surface area contributed by atoms with E-state index in [1.54, 1.807) is 0 Å². The lowest BCUT2D eigenvalue weighted by Gasteiger charge is -2.32. The summed E-state index contributed by atoms with van der Waals surface area (Å²) in [5.74, 6) is -0.818. The van der Waals surface area contributed by atoms with Crippen molar-refractivity contribution >= 4 is 23.2 Å². The molecule has 1 N–H and O–H groups in total. The quantitative estimate of drug-likeness (QED) is 0.906. The van der Waals surface area contributed by atoms with E-state index in [2.05, 4.69) is 4.98 Å². The van der Waals surface area contributed by atoms with Crippen LogP contribution in [-0.2, 0) is 4.79 Å². The van der Waals surface area contributed by atoms with Crippen molar-refractivity contribution in [3.63, 3.8) is 0 Å². The van der Waals surface area contributed by atoms with Crippen molar-refractivity contribution in [1.29, 1.82) is 0 Å². The fraction of sp³-hybridized carbons (Fsp3) is 0.643. The summed E-state index contributed by atoms with van der Waals surface area (Å²) >= 11 is 1.44. The SMILES string of the molecule is Cc1nc(C)c(C(=O)N2CCC3(CC2)CC3C(=O)O)s1. The molecule has 1 amide bonds. The Hall–Kier alpha value is -1.43. The lowest BCUT2D eigenvalue weighted by atomic mass is 9.90. The van der Waals surface area contributed by atoms with Crippen LogP contribution >= 0.6 is 11.3 Å². The van der Waals surface area contributed by atoms with Gasteiger partial charge in [-0.2, -0.15) is 0 Å². The van der Waals surface area contributed by atoms with E-state index in [0.29, 0.717) is 13.1 Å². The molecule has 2 heterocycles. The number of hydrogen-bond donors (Lipinski definition) is 1. The zero-order valence-corrected chi connectivity index (χ0v) is 12.5. The van der Waals surface area contributed by atoms with Crippen LogP contribution in [0.15, 0.2) is 0 Å². The summed E-state index contributed by atoms with van der Waals surface area (Å²) in [5, 5.41) is 9.99. The van der Waals surface area contributed by atoms with Gasteiger partial charge in [0.2, 0.25) is 0 Å². The topological polar surface area (TPSA) is 70.5 Å². The molecule has 1 aromatic rings. The molecule has 5 nitrogen and oxygen atoms in total. The highest BCUT2D eigenvalue weighted by atomic mass is 32.1. The first-order valence-electron chi connectivity index (χ1n) is 6.89. The molecular weight excluding hydrogens is 276 g/mol. The molecule has 1 saturated heterocycles. The van der Waals surface area contributed by atoms with Crippen LogP contribution in [-0.4, -0.2) is 40.0 Å². The second kappa shape index (κ2) is 4.55. The molecule has 1 unspecified atom stereocenters. The molecule has 1 spiro atoms. The van der Waals surface area contributed by atoms with Gasteiger partial charge in [0.15, 0.2) is 0 Å². The number of aromatic nitrogens is 1. The Balaban J connectivity index is 1.66. The Morgan fingerprint density at radius 3 is 2.45 bits per heavy atom. The minimum atomic E-state index is -0.682. The second-order valence-electron chi connectivity index (χ2n) is 5.90. The van der Waals surface area contributed by atoms with Crippen LogP contribution in [0.3, 0.4) is 0 Å². The number of nitrogens with zero attached hydrogens (tertiary/aromatic N) is 2. The molecule has 2 aliphatic rings. The number of aryl methyl sites for hydroxylation is 2. The van der Waals surface area contributed by atoms with Crippen LogP contribution < -0.4 is 0 Å². The second-order valence-corrected chi connectivity index (χ2v) is 7.10. The maximum atomic E-state index is 12.5. The summed E-state index contributed by atoms with van der Waals surface area (Å²) in [6, 6.07) is 0. The number of rotatable bonds is 2. The smallest absolute Gasteiger partial charge is 0.307 e. The van der Waals surface area contributed by atoms with Gasteiger partial charge in [-0.3, -0.25) is 9.59 Å². The maximum absolute atomic E-state index is 12.5. The van der Waals surface area contributed by atoms with Gasteiger partial charge in [-0.05, 0) is 38.5 Å². The van der Waals surface area contributed by atoms with Gasteiger partial charge in [-0.1, -0.05) is 0 Å². The van der Waals surface area contributed by atoms with E-state index >= 15 is 0 Å². The van der Waals surface area contributed by atoms with Crippen LogP contribution in [0.4, 0.5) is 0 Å². The van der Waals surface area contributed by atoms with Crippen LogP contribution in [0.25, 0.3) is 0 Å². The van der Waals surface area contributed by atoms with Gasteiger partial charge in [0.1, 0.15) is 4.88 Å². The van der Waals surface area contributed by atoms with Crippen LogP contribution in [0, 0.1) is 25.2 Å². The third-order valence-electron chi connectivity index (χ3n) is 4.63. The lowest BCUT2D eigenvalue weighted by molar-refractivity contribution is -0.139. The molecule has 1 saturated carbocycles. The Labute approximate surface area is 121 Å². The molecule has 0 bridgehead atoms. The molecule has 20 heavy (non-hydrogen) atoms. The number of thiazole rings is 1. The maximum Gasteiger partial charge on any atom is 0.307 e. The third-order valence-corrected chi connectivity index (χ3v) is 5.69. The Morgan fingerprint density at radius 2 is 2.00 bits per heavy atom. The normalized spacial score (nSPS) is 23.9. The van der Waals surface area contributed by atoms with Crippen LogP contribution in [0.1, 0.15) is 39.6 Å². The zero-order valence-electron chi connectivity index (χ0n) is 11.7. The van der Waals surface area contributed by atoms with Crippen LogP contribution in [0.2, 0.25) is 0 Å². The number of carbonyl (C=O) groups excluding carboxylic acids is 1. The summed E-state index contributed by atoms with van der Waals surface area (Å²) in [5.41, 5.74) is 0.772. The molecule has 2 fully saturated rings. The minimum absolute atomic E-state index is 0.0265. The van der Waals surface area contributed by atoms with E-state index < -0.39 is 5.97 Å². The first kappa shape index (κ1) is 13.5. The third kappa shape index (κ3) is 2.12. The van der Waals surface area contributed by atoms with Crippen molar-refractivity contribution in [3.05, 3.63) is 15.6 Å². The fourth-order valence-corrected chi connectivity index (χ4v) is 4.17. The Morgan fingerprint density at radius 1 is 1.35 bits per heavy atom. The molecule has 1 aromatic heterocycles. The molecule has 6 heteroatoms. The minimum Gasteiger partial charge on any atom is -0.481 e. The summed E-state index contributed by atoms with van der Waals surface area (Å²) in [7, 11) is 0. The molecule has 3 rings (SSSR count). The molecule has 0 aromatic carbocycles. The highest BCUT2D eigenvalue weighted by molar-refractivity contribution is 7.13. The predicted octanol–water partition coefficient (Wildman–Crippen LogP) is 2.09. The summed E-state index contributed by atoms with van der Waals surface area (Å²) in [6.07, 6.45) is 2.40. The van der Waals surface area contributed by atoms with Gasteiger partial charge < -0.3 is 10.0 Å². The molecule has 0 radical (unpaired) electrons. The van der Waals surface area contributed by atoms with Gasteiger partial charge in [-0.15, -0.1) is 11.3 Å². The number of amides is 1. The van der Waals surface area contributed by atoms with Gasteiger partial charge in [0, 0.05) is 13.1 Å². The number of likely N-dealkylation sites (tertiary alicyclic amines) is 1. The predicted molar refractivity (Wildman–Crippen MR) is 74.9 cm³/mol. The fourth-order valence-electron chi connectivity index (χ4n) is 3.28. The van der Waals surface area contributed by atoms with E-state index in [1.165, 1.54) is 11.3 Å². The highest BCUT2D eigenvalue weighted by Gasteiger charge is 2.59. The molecule has 1 aliphatic carbocycles. The van der Waals surface area contributed by atoms with Gasteiger partial charge in [-0.25, -0.2) is 4.98 Å². The van der Waals surface area contributed by atoms with Crippen molar-refractivity contribution in [2.75, 3.05) is 13.1 Å². The molecule has 108 valence electrons. The number of hydrogen-bond acceptors (Lipinski definition) is 4. The average molecular weight is 294 g/mol. The van der Waals surface area contributed by atoms with Gasteiger partial charge in [0.05, 0.1) is 16.6 Å². The largest absolute Gasteiger partial charge is 0.481 e. The Bertz CT molecular complexity index is 573. The van der Waals surface area contributed by atoms with Gasteiger partial charge >= 0.3 is 5.97 Å². The van der Waals surface area contributed by atoms with E-state index in [0.717, 1.165) is 34.8 Å². The van der Waals surface area contributed by atoms with Crippen molar-refractivity contribution in [1.82, 2.24) is 9.88 Å². The summed E-state index contributed by atoms with van der Waals surface area (Å²) < 4.78 is 0. The number of piperidine rings is 1. The monoisotopic (exact) mass is 294 g/mol. The van der Waals surface area contributed by atoms with Gasteiger partial charge in [0.25, 0.3) is 5.91 Å². The average Bonchev–Trinajstić information content (AvgIpc) is 2.99. The standard InChI is InChI=1S/C14H18N2O3S/c1-8-11(20-9(2)15-8)12(17)16-5-3-14(4-6-16)7-10(14)13(18)19/h10H,3-7H2,1-2H3,(H,18,19). The summed E-state index contributed by atoms with van der Waals surface area (Å²) in [6.45, 7) is 5.10. The molecular formula is C14H18N2O3S. The van der Waals surface area contributed by atoms with Crippen molar-refractivity contribution < 1.29 is 14.7 Å². The van der Waals surface area contributed by atoms with Crippen molar-refractivity contribution in [3.8, 4) is 0 Å². The lowest BCUT2D eigenvalue weighted by Crippen LogP contribution is -2.39. The van der Waals surface area contributed by atoms with Crippen LogP contribution in [0.5, 0.6) is 0 Å². The number of aliphatic carboxylic acids is 1. The molecule has 1 aliphatic heterocycles. The first-order chi connectivity index (χ1) is 9.43. The van der Waals surface area contributed by atoms with E-state index in [-0.39, 0.29) is 17.2 Å². The summed E-state index contributed by atoms with van der Waals surface area (Å²) in [4.78, 5) is 30.4. The zero-order chi connectivity index (χ0) is 14.5. The van der Waals surface area contributed by atoms with E-state index in [9.17, 15) is 9.59 Å². The van der Waals surface area contributed by atoms with E-state index in [4.69, 9.17) is 5.11 Å². The van der Waals surface area contributed by atoms with Crippen molar-refractivity contribution in [2.24, 2.45) is 11.3 Å². The Kier molecular flexibility index (Phi) is 3.08. The number of carboxylic acid groups (broad SMARTS) is 1. The highest BCUT2D eigenvalue weighted by Crippen LogP contribution is 2.59. The number of carboxylic acids is 1. The van der Waals surface area contributed by atoms with Crippen molar-refractivity contribution in [2.45, 2.75) is 33.1 Å².